The molecule has 18 heavy (non-hydrogen) atoms. The molecule has 1 aliphatic heterocycles. The van der Waals surface area contributed by atoms with Crippen LogP contribution in [0.4, 0.5) is 0 Å². The third-order valence-corrected chi connectivity index (χ3v) is 2.91. The highest BCUT2D eigenvalue weighted by atomic mass is 16.5. The van der Waals surface area contributed by atoms with Crippen molar-refractivity contribution >= 4 is 11.9 Å². The Hall–Kier alpha value is -1.14. The van der Waals surface area contributed by atoms with E-state index < -0.39 is 12.0 Å². The number of nitrogens with one attached hydrogen (secondary N) is 2. The van der Waals surface area contributed by atoms with Crippen LogP contribution in [-0.2, 0) is 14.3 Å². The molecule has 0 aromatic heterocycles. The molecule has 1 rings (SSSR count). The second-order valence-electron chi connectivity index (χ2n) is 4.53. The lowest BCUT2D eigenvalue weighted by atomic mass is 10.1. The van der Waals surface area contributed by atoms with E-state index >= 15 is 0 Å². The number of carbonyl (C=O) groups is 2. The van der Waals surface area contributed by atoms with Gasteiger partial charge in [0.05, 0.1) is 13.2 Å². The summed E-state index contributed by atoms with van der Waals surface area (Å²) in [7, 11) is 0. The summed E-state index contributed by atoms with van der Waals surface area (Å²) in [5.74, 6) is -1.20. The highest BCUT2D eigenvalue weighted by Crippen LogP contribution is 2.03. The van der Waals surface area contributed by atoms with Crippen LogP contribution in [0.25, 0.3) is 0 Å². The number of carboxylic acids is 1. The van der Waals surface area contributed by atoms with Gasteiger partial charge in [0, 0.05) is 19.0 Å². The summed E-state index contributed by atoms with van der Waals surface area (Å²) in [6.45, 7) is 3.88. The van der Waals surface area contributed by atoms with E-state index in [2.05, 4.69) is 10.6 Å². The van der Waals surface area contributed by atoms with Crippen molar-refractivity contribution in [2.24, 2.45) is 0 Å². The van der Waals surface area contributed by atoms with E-state index in [-0.39, 0.29) is 18.4 Å². The molecule has 1 saturated heterocycles. The van der Waals surface area contributed by atoms with Gasteiger partial charge in [0.15, 0.2) is 0 Å². The minimum atomic E-state index is -0.968. The monoisotopic (exact) mass is 258 g/mol. The summed E-state index contributed by atoms with van der Waals surface area (Å²) < 4.78 is 5.24. The van der Waals surface area contributed by atoms with Crippen LogP contribution in [0.15, 0.2) is 0 Å². The SMILES string of the molecule is CCCCC(NC(=O)CC1COCCN1)C(=O)O. The summed E-state index contributed by atoms with van der Waals surface area (Å²) in [6, 6.07) is -0.790. The number of aliphatic carboxylic acids is 1. The van der Waals surface area contributed by atoms with Gasteiger partial charge in [-0.05, 0) is 6.42 Å². The summed E-state index contributed by atoms with van der Waals surface area (Å²) in [5.41, 5.74) is 0. The molecular formula is C12H22N2O4. The van der Waals surface area contributed by atoms with Crippen LogP contribution in [0.3, 0.4) is 0 Å². The normalized spacial score (nSPS) is 21.3. The number of amides is 1. The quantitative estimate of drug-likeness (QED) is 0.604. The van der Waals surface area contributed by atoms with Crippen LogP contribution >= 0.6 is 0 Å². The van der Waals surface area contributed by atoms with E-state index in [1.54, 1.807) is 0 Å². The Kier molecular flexibility index (Phi) is 6.67. The van der Waals surface area contributed by atoms with Crippen LogP contribution in [0.1, 0.15) is 32.6 Å². The van der Waals surface area contributed by atoms with Gasteiger partial charge in [-0.3, -0.25) is 4.79 Å². The molecule has 3 N–H and O–H groups in total. The number of carbonyl (C=O) groups excluding carboxylic acids is 1. The molecule has 1 amide bonds. The highest BCUT2D eigenvalue weighted by Gasteiger charge is 2.22. The molecule has 0 saturated carbocycles. The molecule has 0 aromatic carbocycles. The van der Waals surface area contributed by atoms with Gasteiger partial charge < -0.3 is 20.5 Å². The van der Waals surface area contributed by atoms with E-state index in [0.29, 0.717) is 19.6 Å². The van der Waals surface area contributed by atoms with Crippen LogP contribution in [0.5, 0.6) is 0 Å². The van der Waals surface area contributed by atoms with E-state index in [1.165, 1.54) is 0 Å². The van der Waals surface area contributed by atoms with Crippen molar-refractivity contribution in [2.45, 2.75) is 44.7 Å². The second kappa shape index (κ2) is 8.05. The number of rotatable bonds is 7. The van der Waals surface area contributed by atoms with Gasteiger partial charge in [-0.1, -0.05) is 19.8 Å². The van der Waals surface area contributed by atoms with Gasteiger partial charge in [-0.25, -0.2) is 4.79 Å². The smallest absolute Gasteiger partial charge is 0.326 e. The van der Waals surface area contributed by atoms with Crippen molar-refractivity contribution < 1.29 is 19.4 Å². The molecule has 1 heterocycles. The minimum absolute atomic E-state index is 0.0145. The fourth-order valence-corrected chi connectivity index (χ4v) is 1.89. The van der Waals surface area contributed by atoms with Crippen LogP contribution in [0, 0.1) is 0 Å². The fraction of sp³-hybridized carbons (Fsp3) is 0.833. The van der Waals surface area contributed by atoms with Gasteiger partial charge in [-0.2, -0.15) is 0 Å². The average Bonchev–Trinajstić information content (AvgIpc) is 2.35. The van der Waals surface area contributed by atoms with Gasteiger partial charge >= 0.3 is 5.97 Å². The summed E-state index contributed by atoms with van der Waals surface area (Å²) in [5, 5.41) is 14.7. The Morgan fingerprint density at radius 1 is 1.56 bits per heavy atom. The van der Waals surface area contributed by atoms with Crippen molar-refractivity contribution in [3.63, 3.8) is 0 Å². The molecule has 104 valence electrons. The maximum absolute atomic E-state index is 11.7. The molecule has 1 fully saturated rings. The number of ether oxygens (including phenoxy) is 1. The number of hydrogen-bond donors (Lipinski definition) is 3. The molecule has 0 bridgehead atoms. The molecule has 6 nitrogen and oxygen atoms in total. The van der Waals surface area contributed by atoms with Gasteiger partial charge in [0.2, 0.25) is 5.91 Å². The summed E-state index contributed by atoms with van der Waals surface area (Å²) in [6.07, 6.45) is 2.45. The van der Waals surface area contributed by atoms with E-state index in [4.69, 9.17) is 9.84 Å². The first-order chi connectivity index (χ1) is 8.63. The molecule has 0 spiro atoms. The van der Waals surface area contributed by atoms with Gasteiger partial charge in [0.1, 0.15) is 6.04 Å². The molecule has 2 atom stereocenters. The largest absolute Gasteiger partial charge is 0.480 e. The first-order valence-electron chi connectivity index (χ1n) is 6.46. The molecule has 0 aliphatic carbocycles. The summed E-state index contributed by atoms with van der Waals surface area (Å²) >= 11 is 0. The van der Waals surface area contributed by atoms with Gasteiger partial charge in [-0.15, -0.1) is 0 Å². The van der Waals surface area contributed by atoms with Crippen molar-refractivity contribution in [2.75, 3.05) is 19.8 Å². The number of hydrogen-bond acceptors (Lipinski definition) is 4. The third kappa shape index (κ3) is 5.46. The average molecular weight is 258 g/mol. The van der Waals surface area contributed by atoms with Crippen LogP contribution in [0.2, 0.25) is 0 Å². The molecule has 2 unspecified atom stereocenters. The van der Waals surface area contributed by atoms with E-state index in [9.17, 15) is 9.59 Å². The Morgan fingerprint density at radius 3 is 2.89 bits per heavy atom. The Bertz CT molecular complexity index is 277. The van der Waals surface area contributed by atoms with Crippen LogP contribution < -0.4 is 10.6 Å². The number of unbranched alkanes of at least 4 members (excludes halogenated alkanes) is 1. The standard InChI is InChI=1S/C12H22N2O4/c1-2-3-4-10(12(16)17)14-11(15)7-9-8-18-6-5-13-9/h9-10,13H,2-8H2,1H3,(H,14,15)(H,16,17). The second-order valence-corrected chi connectivity index (χ2v) is 4.53. The molecule has 0 aromatic rings. The lowest BCUT2D eigenvalue weighted by Crippen LogP contribution is -2.47. The Morgan fingerprint density at radius 2 is 2.33 bits per heavy atom. The zero-order valence-electron chi connectivity index (χ0n) is 10.8. The van der Waals surface area contributed by atoms with E-state index in [1.807, 2.05) is 6.92 Å². The first kappa shape index (κ1) is 14.9. The minimum Gasteiger partial charge on any atom is -0.480 e. The Balaban J connectivity index is 2.32. The zero-order valence-corrected chi connectivity index (χ0v) is 10.8. The number of morpholine rings is 1. The molecule has 6 heteroatoms. The Labute approximate surface area is 107 Å². The maximum atomic E-state index is 11.7. The fourth-order valence-electron chi connectivity index (χ4n) is 1.89. The zero-order chi connectivity index (χ0) is 13.4. The first-order valence-corrected chi connectivity index (χ1v) is 6.46. The topological polar surface area (TPSA) is 87.7 Å². The van der Waals surface area contributed by atoms with Crippen molar-refractivity contribution in [3.05, 3.63) is 0 Å². The third-order valence-electron chi connectivity index (χ3n) is 2.91. The lowest BCUT2D eigenvalue weighted by Gasteiger charge is -2.24. The number of carboxylic acid groups (broad SMARTS) is 1. The molecule has 0 radical (unpaired) electrons. The van der Waals surface area contributed by atoms with Crippen molar-refractivity contribution in [1.82, 2.24) is 10.6 Å². The van der Waals surface area contributed by atoms with Crippen LogP contribution in [-0.4, -0.2) is 48.8 Å². The highest BCUT2D eigenvalue weighted by molar-refractivity contribution is 5.83. The lowest BCUT2D eigenvalue weighted by molar-refractivity contribution is -0.142. The predicted molar refractivity (Wildman–Crippen MR) is 66.3 cm³/mol. The molecule has 1 aliphatic rings. The van der Waals surface area contributed by atoms with Crippen molar-refractivity contribution in [1.29, 1.82) is 0 Å². The maximum Gasteiger partial charge on any atom is 0.326 e. The molecular weight excluding hydrogens is 236 g/mol. The van der Waals surface area contributed by atoms with Crippen molar-refractivity contribution in [3.8, 4) is 0 Å². The van der Waals surface area contributed by atoms with Gasteiger partial charge in [0.25, 0.3) is 0 Å². The summed E-state index contributed by atoms with van der Waals surface area (Å²) in [4.78, 5) is 22.7. The predicted octanol–water partition coefficient (Wildman–Crippen LogP) is 0.125. The van der Waals surface area contributed by atoms with E-state index in [0.717, 1.165) is 19.4 Å².